The second-order valence-corrected chi connectivity index (χ2v) is 8.45. The van der Waals surface area contributed by atoms with E-state index in [2.05, 4.69) is 11.1 Å². The lowest BCUT2D eigenvalue weighted by Gasteiger charge is -2.43. The Morgan fingerprint density at radius 1 is 1.03 bits per heavy atom. The fourth-order valence-electron chi connectivity index (χ4n) is 4.27. The quantitative estimate of drug-likeness (QED) is 0.718. The molecule has 0 spiro atoms. The van der Waals surface area contributed by atoms with Gasteiger partial charge in [-0.3, -0.25) is 14.6 Å². The van der Waals surface area contributed by atoms with Gasteiger partial charge in [0.25, 0.3) is 5.91 Å². The minimum Gasteiger partial charge on any atom is -0.376 e. The van der Waals surface area contributed by atoms with Crippen molar-refractivity contribution in [2.75, 3.05) is 39.4 Å². The third-order valence-corrected chi connectivity index (χ3v) is 6.24. The number of rotatable bonds is 3. The summed E-state index contributed by atoms with van der Waals surface area (Å²) in [5.41, 5.74) is 7.76. The van der Waals surface area contributed by atoms with Crippen molar-refractivity contribution in [2.24, 2.45) is 10.7 Å². The Kier molecular flexibility index (Phi) is 5.00. The van der Waals surface area contributed by atoms with Gasteiger partial charge in [-0.1, -0.05) is 18.2 Å². The van der Waals surface area contributed by atoms with Crippen LogP contribution in [0.4, 0.5) is 0 Å². The van der Waals surface area contributed by atoms with Crippen LogP contribution in [0.2, 0.25) is 0 Å². The molecule has 8 heteroatoms. The lowest BCUT2D eigenvalue weighted by molar-refractivity contribution is -0.155. The molecule has 0 aromatic heterocycles. The van der Waals surface area contributed by atoms with Gasteiger partial charge in [0.05, 0.1) is 24.6 Å². The first-order valence-electron chi connectivity index (χ1n) is 10.6. The summed E-state index contributed by atoms with van der Waals surface area (Å²) < 4.78 is 5.08. The topological polar surface area (TPSA) is 112 Å². The molecule has 32 heavy (non-hydrogen) atoms. The zero-order valence-electron chi connectivity index (χ0n) is 17.5. The third kappa shape index (κ3) is 3.55. The summed E-state index contributed by atoms with van der Waals surface area (Å²) in [4.78, 5) is 33.3. The van der Waals surface area contributed by atoms with E-state index >= 15 is 0 Å². The molecule has 162 valence electrons. The van der Waals surface area contributed by atoms with E-state index in [0.717, 1.165) is 21.7 Å². The van der Waals surface area contributed by atoms with Gasteiger partial charge in [0, 0.05) is 31.7 Å². The van der Waals surface area contributed by atoms with E-state index in [9.17, 15) is 9.59 Å². The average molecular weight is 429 g/mol. The van der Waals surface area contributed by atoms with Crippen molar-refractivity contribution in [1.29, 1.82) is 5.26 Å². The molecule has 0 saturated carbocycles. The second-order valence-electron chi connectivity index (χ2n) is 8.45. The Morgan fingerprint density at radius 2 is 1.69 bits per heavy atom. The molecular formula is C24H23N5O3. The van der Waals surface area contributed by atoms with Crippen molar-refractivity contribution in [2.45, 2.75) is 11.6 Å². The first-order valence-corrected chi connectivity index (χ1v) is 10.6. The number of benzene rings is 2. The summed E-state index contributed by atoms with van der Waals surface area (Å²) >= 11 is 0. The molecule has 1 unspecified atom stereocenters. The Bertz CT molecular complexity index is 1240. The molecule has 2 N–H and O–H groups in total. The van der Waals surface area contributed by atoms with E-state index < -0.39 is 11.6 Å². The number of carbonyl (C=O) groups excluding carboxylic acids is 2. The van der Waals surface area contributed by atoms with Gasteiger partial charge in [-0.15, -0.1) is 0 Å². The number of fused-ring (bicyclic) bond motifs is 1. The Hall–Kier alpha value is -3.54. The van der Waals surface area contributed by atoms with Crippen LogP contribution in [0.3, 0.4) is 0 Å². The Labute approximate surface area is 185 Å². The molecule has 3 heterocycles. The zero-order valence-corrected chi connectivity index (χ0v) is 17.5. The molecule has 0 aliphatic carbocycles. The highest BCUT2D eigenvalue weighted by Gasteiger charge is 2.45. The van der Waals surface area contributed by atoms with E-state index in [4.69, 9.17) is 15.7 Å². The van der Waals surface area contributed by atoms with E-state index in [0.29, 0.717) is 31.7 Å². The normalized spacial score (nSPS) is 20.9. The molecule has 0 bridgehead atoms. The van der Waals surface area contributed by atoms with Crippen LogP contribution in [-0.4, -0.2) is 72.6 Å². The monoisotopic (exact) mass is 429 g/mol. The number of nitriles is 1. The van der Waals surface area contributed by atoms with Crippen LogP contribution < -0.4 is 16.3 Å². The molecule has 3 aliphatic rings. The van der Waals surface area contributed by atoms with Gasteiger partial charge < -0.3 is 20.3 Å². The molecule has 8 nitrogen and oxygen atoms in total. The highest BCUT2D eigenvalue weighted by Crippen LogP contribution is 2.21. The molecule has 5 rings (SSSR count). The number of ether oxygens (including phenoxy) is 1. The van der Waals surface area contributed by atoms with Crippen molar-refractivity contribution >= 4 is 17.9 Å². The standard InChI is InChI=1S/C24H23N5O3/c25-13-20-12-19-11-18(5-6-21(19)27-20)16-1-3-17(4-2-16)22(30)28-7-9-29(10-8-28)23(31)24(26)14-32-15-24/h1-6,11-12,20H,7-10,14-15,26H2. The lowest BCUT2D eigenvalue weighted by atomic mass is 9.96. The van der Waals surface area contributed by atoms with Crippen molar-refractivity contribution < 1.29 is 14.3 Å². The van der Waals surface area contributed by atoms with Crippen molar-refractivity contribution in [3.63, 3.8) is 0 Å². The molecular weight excluding hydrogens is 406 g/mol. The fourth-order valence-corrected chi connectivity index (χ4v) is 4.27. The maximum Gasteiger partial charge on any atom is 0.253 e. The van der Waals surface area contributed by atoms with Crippen molar-refractivity contribution in [1.82, 2.24) is 9.80 Å². The predicted octanol–water partition coefficient (Wildman–Crippen LogP) is -0.328. The maximum atomic E-state index is 12.9. The number of piperazine rings is 1. The number of carbonyl (C=O) groups is 2. The number of nitrogens with zero attached hydrogens (tertiary/aromatic N) is 4. The van der Waals surface area contributed by atoms with Crippen LogP contribution >= 0.6 is 0 Å². The van der Waals surface area contributed by atoms with E-state index in [1.54, 1.807) is 9.80 Å². The Morgan fingerprint density at radius 3 is 2.31 bits per heavy atom. The number of hydrogen-bond donors (Lipinski definition) is 1. The van der Waals surface area contributed by atoms with Gasteiger partial charge in [-0.05, 0) is 46.7 Å². The summed E-state index contributed by atoms with van der Waals surface area (Å²) in [6.45, 7) is 2.42. The summed E-state index contributed by atoms with van der Waals surface area (Å²) in [6.07, 6.45) is 1.85. The SMILES string of the molecule is N#CC1C=c2cc(-c3ccc(C(=O)N4CCN(C(=O)C5(N)COC5)CC4)cc3)ccc2=N1. The largest absolute Gasteiger partial charge is 0.376 e. The molecule has 2 saturated heterocycles. The average Bonchev–Trinajstić information content (AvgIpc) is 3.24. The lowest BCUT2D eigenvalue weighted by Crippen LogP contribution is -2.68. The molecule has 2 aromatic carbocycles. The molecule has 2 fully saturated rings. The maximum absolute atomic E-state index is 12.9. The third-order valence-electron chi connectivity index (χ3n) is 6.24. The van der Waals surface area contributed by atoms with Gasteiger partial charge in [0.15, 0.2) is 6.04 Å². The minimum atomic E-state index is -0.902. The smallest absolute Gasteiger partial charge is 0.253 e. The van der Waals surface area contributed by atoms with Crippen molar-refractivity contribution in [3.05, 3.63) is 58.6 Å². The van der Waals surface area contributed by atoms with Crippen LogP contribution in [0.25, 0.3) is 17.2 Å². The van der Waals surface area contributed by atoms with Gasteiger partial charge in [-0.2, -0.15) is 5.26 Å². The number of nitrogens with two attached hydrogens (primary N) is 1. The Balaban J connectivity index is 1.25. The fraction of sp³-hybridized carbons (Fsp3) is 0.333. The number of amides is 2. The predicted molar refractivity (Wildman–Crippen MR) is 117 cm³/mol. The molecule has 2 aromatic rings. The first-order chi connectivity index (χ1) is 15.5. The van der Waals surface area contributed by atoms with Crippen LogP contribution in [0.15, 0.2) is 47.5 Å². The summed E-state index contributed by atoms with van der Waals surface area (Å²) in [6, 6.07) is 15.1. The summed E-state index contributed by atoms with van der Waals surface area (Å²) in [5, 5.41) is 10.8. The van der Waals surface area contributed by atoms with Crippen molar-refractivity contribution in [3.8, 4) is 17.2 Å². The van der Waals surface area contributed by atoms with Gasteiger partial charge in [0.2, 0.25) is 5.91 Å². The van der Waals surface area contributed by atoms with Gasteiger partial charge in [-0.25, -0.2) is 0 Å². The van der Waals surface area contributed by atoms with Crippen LogP contribution in [-0.2, 0) is 9.53 Å². The van der Waals surface area contributed by atoms with E-state index in [1.807, 2.05) is 48.5 Å². The van der Waals surface area contributed by atoms with Crippen LogP contribution in [0, 0.1) is 11.3 Å². The van der Waals surface area contributed by atoms with Crippen LogP contribution in [0.1, 0.15) is 10.4 Å². The second kappa shape index (κ2) is 7.86. The van der Waals surface area contributed by atoms with E-state index in [1.165, 1.54) is 0 Å². The summed E-state index contributed by atoms with van der Waals surface area (Å²) in [5.74, 6) is -0.142. The van der Waals surface area contributed by atoms with Gasteiger partial charge >= 0.3 is 0 Å². The van der Waals surface area contributed by atoms with Crippen LogP contribution in [0.5, 0.6) is 0 Å². The van der Waals surface area contributed by atoms with E-state index in [-0.39, 0.29) is 25.0 Å². The zero-order chi connectivity index (χ0) is 22.3. The van der Waals surface area contributed by atoms with Gasteiger partial charge in [0.1, 0.15) is 5.54 Å². The first kappa shape index (κ1) is 20.4. The minimum absolute atomic E-state index is 0.0453. The molecule has 0 radical (unpaired) electrons. The highest BCUT2D eigenvalue weighted by atomic mass is 16.5. The highest BCUT2D eigenvalue weighted by molar-refractivity contribution is 5.95. The molecule has 1 atom stereocenters. The number of hydrogen-bond acceptors (Lipinski definition) is 6. The summed E-state index contributed by atoms with van der Waals surface area (Å²) in [7, 11) is 0. The molecule has 3 aliphatic heterocycles. The molecule has 2 amide bonds.